The molecule has 1 N–H and O–H groups in total. The van der Waals surface area contributed by atoms with Crippen LogP contribution >= 0.6 is 0 Å². The number of carboxylic acids is 1. The van der Waals surface area contributed by atoms with Gasteiger partial charge in [-0.05, 0) is 13.0 Å². The van der Waals surface area contributed by atoms with Crippen LogP contribution in [-0.4, -0.2) is 11.1 Å². The molecule has 0 aliphatic rings. The lowest BCUT2D eigenvalue weighted by Crippen LogP contribution is -1.85. The zero-order chi connectivity index (χ0) is 7.82. The van der Waals surface area contributed by atoms with Crippen molar-refractivity contribution in [1.82, 2.24) is 0 Å². The predicted octanol–water partition coefficient (Wildman–Crippen LogP) is 1.21. The summed E-state index contributed by atoms with van der Waals surface area (Å²) in [5.74, 6) is 3.18. The molecule has 0 spiro atoms. The molecule has 0 saturated heterocycles. The Morgan fingerprint density at radius 2 is 2.20 bits per heavy atom. The molecule has 0 amide bonds. The Kier molecular flexibility index (Phi) is 4.80. The molecule has 0 atom stereocenters. The highest BCUT2D eigenvalue weighted by molar-refractivity contribution is 5.86. The van der Waals surface area contributed by atoms with Crippen LogP contribution in [0.4, 0.5) is 0 Å². The molecule has 0 aliphatic carbocycles. The Bertz CT molecular complexity index is 213. The first-order valence-electron chi connectivity index (χ1n) is 2.79. The third-order valence-electron chi connectivity index (χ3n) is 0.662. The molecule has 0 bridgehead atoms. The minimum absolute atomic E-state index is 1.11. The quantitative estimate of drug-likeness (QED) is 0.434. The fourth-order valence-electron chi connectivity index (χ4n) is 0.318. The topological polar surface area (TPSA) is 37.3 Å². The van der Waals surface area contributed by atoms with E-state index in [1.165, 1.54) is 6.08 Å². The number of carboxylic acid groups (broad SMARTS) is 1. The Balaban J connectivity index is 3.75. The zero-order valence-electron chi connectivity index (χ0n) is 5.66. The maximum Gasteiger partial charge on any atom is 0.382 e. The van der Waals surface area contributed by atoms with Gasteiger partial charge in [0.1, 0.15) is 0 Å². The van der Waals surface area contributed by atoms with E-state index in [1.54, 1.807) is 12.2 Å². The minimum atomic E-state index is -1.11. The van der Waals surface area contributed by atoms with Crippen LogP contribution in [0.2, 0.25) is 0 Å². The van der Waals surface area contributed by atoms with Gasteiger partial charge in [-0.15, -0.1) is 0 Å². The Hall–Kier alpha value is -1.49. The Morgan fingerprint density at radius 1 is 1.50 bits per heavy atom. The summed E-state index contributed by atoms with van der Waals surface area (Å²) >= 11 is 0. The SMILES string of the molecule is C/C=C/C=C/C#CC(=O)O. The fraction of sp³-hybridized carbons (Fsp3) is 0.125. The van der Waals surface area contributed by atoms with Crippen molar-refractivity contribution in [3.63, 3.8) is 0 Å². The molecule has 2 nitrogen and oxygen atoms in total. The zero-order valence-corrected chi connectivity index (χ0v) is 5.66. The number of allylic oxidation sites excluding steroid dienone is 4. The van der Waals surface area contributed by atoms with Gasteiger partial charge in [0.25, 0.3) is 0 Å². The summed E-state index contributed by atoms with van der Waals surface area (Å²) in [5.41, 5.74) is 0. The van der Waals surface area contributed by atoms with Gasteiger partial charge >= 0.3 is 5.97 Å². The molecule has 0 fully saturated rings. The van der Waals surface area contributed by atoms with Crippen LogP contribution in [0.5, 0.6) is 0 Å². The lowest BCUT2D eigenvalue weighted by Gasteiger charge is -1.68. The van der Waals surface area contributed by atoms with Crippen molar-refractivity contribution < 1.29 is 9.90 Å². The molecular weight excluding hydrogens is 128 g/mol. The maximum atomic E-state index is 9.81. The van der Waals surface area contributed by atoms with Gasteiger partial charge in [0.2, 0.25) is 0 Å². The van der Waals surface area contributed by atoms with Crippen LogP contribution in [0, 0.1) is 11.8 Å². The van der Waals surface area contributed by atoms with Crippen molar-refractivity contribution in [2.45, 2.75) is 6.92 Å². The highest BCUT2D eigenvalue weighted by atomic mass is 16.4. The molecule has 2 heteroatoms. The second-order valence-corrected chi connectivity index (χ2v) is 1.46. The average Bonchev–Trinajstić information content (AvgIpc) is 1.87. The minimum Gasteiger partial charge on any atom is -0.472 e. The van der Waals surface area contributed by atoms with Gasteiger partial charge < -0.3 is 5.11 Å². The largest absolute Gasteiger partial charge is 0.472 e. The monoisotopic (exact) mass is 136 g/mol. The highest BCUT2D eigenvalue weighted by Crippen LogP contribution is 1.73. The van der Waals surface area contributed by atoms with Crippen molar-refractivity contribution in [3.05, 3.63) is 24.3 Å². The summed E-state index contributed by atoms with van der Waals surface area (Å²) in [5, 5.41) is 8.04. The molecule has 10 heavy (non-hydrogen) atoms. The van der Waals surface area contributed by atoms with E-state index in [-0.39, 0.29) is 0 Å². The van der Waals surface area contributed by atoms with Gasteiger partial charge in [0.05, 0.1) is 0 Å². The van der Waals surface area contributed by atoms with Crippen LogP contribution in [0.3, 0.4) is 0 Å². The van der Waals surface area contributed by atoms with E-state index < -0.39 is 5.97 Å². The van der Waals surface area contributed by atoms with Crippen molar-refractivity contribution in [2.75, 3.05) is 0 Å². The van der Waals surface area contributed by atoms with Gasteiger partial charge in [-0.1, -0.05) is 24.1 Å². The van der Waals surface area contributed by atoms with E-state index in [1.807, 2.05) is 18.9 Å². The molecule has 52 valence electrons. The van der Waals surface area contributed by atoms with Crippen molar-refractivity contribution in [3.8, 4) is 11.8 Å². The average molecular weight is 136 g/mol. The predicted molar refractivity (Wildman–Crippen MR) is 39.4 cm³/mol. The van der Waals surface area contributed by atoms with E-state index in [4.69, 9.17) is 5.11 Å². The van der Waals surface area contributed by atoms with E-state index in [2.05, 4.69) is 5.92 Å². The van der Waals surface area contributed by atoms with Gasteiger partial charge in [-0.3, -0.25) is 0 Å². The molecule has 0 unspecified atom stereocenters. The maximum absolute atomic E-state index is 9.81. The van der Waals surface area contributed by atoms with Gasteiger partial charge in [-0.2, -0.15) is 0 Å². The van der Waals surface area contributed by atoms with E-state index in [9.17, 15) is 4.79 Å². The van der Waals surface area contributed by atoms with Crippen LogP contribution in [0.1, 0.15) is 6.92 Å². The van der Waals surface area contributed by atoms with Crippen LogP contribution in [-0.2, 0) is 4.79 Å². The summed E-state index contributed by atoms with van der Waals surface area (Å²) in [6, 6.07) is 0. The summed E-state index contributed by atoms with van der Waals surface area (Å²) < 4.78 is 0. The van der Waals surface area contributed by atoms with E-state index in [0.717, 1.165) is 0 Å². The number of rotatable bonds is 1. The molecule has 0 saturated carbocycles. The lowest BCUT2D eigenvalue weighted by molar-refractivity contribution is -0.130. The second-order valence-electron chi connectivity index (χ2n) is 1.46. The number of carbonyl (C=O) groups is 1. The summed E-state index contributed by atoms with van der Waals surface area (Å²) in [6.45, 7) is 1.87. The number of hydrogen-bond donors (Lipinski definition) is 1. The first kappa shape index (κ1) is 8.51. The Morgan fingerprint density at radius 3 is 2.70 bits per heavy atom. The standard InChI is InChI=1S/C8H8O2/c1-2-3-4-5-6-7-8(9)10/h2-5H,1H3,(H,9,10)/b3-2+,5-4+. The molecule has 0 aromatic rings. The normalized spacial score (nSPS) is 9.70. The lowest BCUT2D eigenvalue weighted by atomic mass is 10.4. The second kappa shape index (κ2) is 5.64. The smallest absolute Gasteiger partial charge is 0.382 e. The molecule has 0 aromatic carbocycles. The summed E-state index contributed by atoms with van der Waals surface area (Å²) in [4.78, 5) is 9.81. The third kappa shape index (κ3) is 6.51. The number of hydrogen-bond acceptors (Lipinski definition) is 1. The first-order chi connectivity index (χ1) is 4.77. The van der Waals surface area contributed by atoms with Crippen molar-refractivity contribution in [1.29, 1.82) is 0 Å². The van der Waals surface area contributed by atoms with Crippen LogP contribution < -0.4 is 0 Å². The first-order valence-corrected chi connectivity index (χ1v) is 2.79. The van der Waals surface area contributed by atoms with Gasteiger partial charge in [0.15, 0.2) is 0 Å². The van der Waals surface area contributed by atoms with Gasteiger partial charge in [0, 0.05) is 5.92 Å². The third-order valence-corrected chi connectivity index (χ3v) is 0.662. The Labute approximate surface area is 59.9 Å². The van der Waals surface area contributed by atoms with E-state index >= 15 is 0 Å². The molecule has 0 aromatic heterocycles. The number of aliphatic carboxylic acids is 1. The summed E-state index contributed by atoms with van der Waals surface area (Å²) in [6.07, 6.45) is 6.76. The molecule has 0 heterocycles. The molecule has 0 aliphatic heterocycles. The van der Waals surface area contributed by atoms with Crippen molar-refractivity contribution >= 4 is 5.97 Å². The summed E-state index contributed by atoms with van der Waals surface area (Å²) in [7, 11) is 0. The van der Waals surface area contributed by atoms with Crippen LogP contribution in [0.15, 0.2) is 24.3 Å². The highest BCUT2D eigenvalue weighted by Gasteiger charge is 1.77. The molecule has 0 radical (unpaired) electrons. The molecular formula is C8H8O2. The van der Waals surface area contributed by atoms with Crippen LogP contribution in [0.25, 0.3) is 0 Å². The molecule has 0 rings (SSSR count). The van der Waals surface area contributed by atoms with E-state index in [0.29, 0.717) is 0 Å². The van der Waals surface area contributed by atoms with Gasteiger partial charge in [-0.25, -0.2) is 4.79 Å². The van der Waals surface area contributed by atoms with Crippen molar-refractivity contribution in [2.24, 2.45) is 0 Å². The fourth-order valence-corrected chi connectivity index (χ4v) is 0.318.